The molecular weight excluding hydrogens is 365 g/mol. The molecule has 1 unspecified atom stereocenters. The minimum Gasteiger partial charge on any atom is -0.361 e. The Morgan fingerprint density at radius 2 is 2.12 bits per heavy atom. The van der Waals surface area contributed by atoms with Gasteiger partial charge in [0.05, 0.1) is 12.1 Å². The number of anilines is 1. The van der Waals surface area contributed by atoms with E-state index < -0.39 is 22.6 Å². The van der Waals surface area contributed by atoms with Crippen LogP contribution in [0.1, 0.15) is 17.2 Å². The third kappa shape index (κ3) is 2.30. The number of halogens is 1. The van der Waals surface area contributed by atoms with E-state index in [0.29, 0.717) is 29.3 Å². The third-order valence-electron chi connectivity index (χ3n) is 4.64. The molecule has 9 nitrogen and oxygen atoms in total. The highest BCUT2D eigenvalue weighted by Gasteiger charge is 2.35. The smallest absolute Gasteiger partial charge is 0.361 e. The minimum atomic E-state index is -0.828. The Bertz CT molecular complexity index is 1080. The van der Waals surface area contributed by atoms with Crippen LogP contribution < -0.4 is 11.1 Å². The molecular formula is C15H12FN5O4S. The number of hydrogen-bond acceptors (Lipinski definition) is 8. The van der Waals surface area contributed by atoms with Gasteiger partial charge in [0.2, 0.25) is 11.6 Å². The fourth-order valence-electron chi connectivity index (χ4n) is 3.27. The van der Waals surface area contributed by atoms with Crippen molar-refractivity contribution in [2.75, 3.05) is 16.8 Å². The molecule has 1 aromatic carbocycles. The van der Waals surface area contributed by atoms with Crippen LogP contribution in [0, 0.1) is 5.82 Å². The first kappa shape index (κ1) is 15.4. The van der Waals surface area contributed by atoms with E-state index in [9.17, 15) is 13.4 Å². The molecule has 1 fully saturated rings. The summed E-state index contributed by atoms with van der Waals surface area (Å²) in [7, 11) is -0.828. The molecule has 1 aliphatic heterocycles. The van der Waals surface area contributed by atoms with Gasteiger partial charge in [-0.3, -0.25) is 8.73 Å². The van der Waals surface area contributed by atoms with Crippen LogP contribution in [0.3, 0.4) is 0 Å². The molecule has 1 saturated heterocycles. The van der Waals surface area contributed by atoms with Crippen LogP contribution in [0.15, 0.2) is 32.1 Å². The number of fused-ring (bicyclic) bond motifs is 1. The first-order chi connectivity index (χ1) is 12.6. The normalized spacial score (nSPS) is 23.8. The Labute approximate surface area is 147 Å². The first-order valence-corrected chi connectivity index (χ1v) is 9.40. The van der Waals surface area contributed by atoms with Crippen molar-refractivity contribution in [1.29, 1.82) is 0 Å². The number of aromatic nitrogens is 4. The molecule has 0 bridgehead atoms. The minimum absolute atomic E-state index is 0.00733. The molecule has 3 aromatic rings. The van der Waals surface area contributed by atoms with E-state index in [2.05, 4.69) is 20.8 Å². The lowest BCUT2D eigenvalue weighted by Gasteiger charge is -2.30. The van der Waals surface area contributed by atoms with Crippen molar-refractivity contribution in [1.82, 2.24) is 20.0 Å². The molecule has 3 heterocycles. The molecule has 0 spiro atoms. The van der Waals surface area contributed by atoms with E-state index in [4.69, 9.17) is 9.15 Å². The Hall–Kier alpha value is -2.82. The zero-order chi connectivity index (χ0) is 17.8. The molecule has 1 aliphatic carbocycles. The summed E-state index contributed by atoms with van der Waals surface area (Å²) in [5.41, 5.74) is 1.89. The van der Waals surface area contributed by atoms with Crippen molar-refractivity contribution >= 4 is 16.6 Å². The van der Waals surface area contributed by atoms with Gasteiger partial charge in [0.15, 0.2) is 5.69 Å². The van der Waals surface area contributed by atoms with Crippen molar-refractivity contribution in [3.05, 3.63) is 45.7 Å². The van der Waals surface area contributed by atoms with Gasteiger partial charge in [-0.05, 0) is 40.0 Å². The van der Waals surface area contributed by atoms with Gasteiger partial charge in [0.1, 0.15) is 5.82 Å². The number of hydrogen-bond donors (Lipinski definition) is 1. The van der Waals surface area contributed by atoms with Gasteiger partial charge in [-0.15, -0.1) is 0 Å². The number of nitrogens with zero attached hydrogens (tertiary/aromatic N) is 4. The van der Waals surface area contributed by atoms with Crippen molar-refractivity contribution in [3.8, 4) is 11.5 Å². The number of nitrogens with one attached hydrogen (secondary N) is 1. The SMILES string of the molecule is O=c1onc(-c2nonc2NC2CS(=O)C2)n1C1Cc2ccc(F)cc21. The van der Waals surface area contributed by atoms with Gasteiger partial charge >= 0.3 is 5.76 Å². The average molecular weight is 377 g/mol. The van der Waals surface area contributed by atoms with E-state index in [1.54, 1.807) is 6.07 Å². The topological polar surface area (TPSA) is 116 Å². The van der Waals surface area contributed by atoms with Crippen molar-refractivity contribution in [2.45, 2.75) is 18.5 Å². The van der Waals surface area contributed by atoms with Crippen molar-refractivity contribution < 1.29 is 17.8 Å². The van der Waals surface area contributed by atoms with E-state index in [1.807, 2.05) is 0 Å². The second kappa shape index (κ2) is 5.59. The first-order valence-electron chi connectivity index (χ1n) is 7.91. The van der Waals surface area contributed by atoms with Crippen LogP contribution in [-0.4, -0.2) is 41.8 Å². The quantitative estimate of drug-likeness (QED) is 0.707. The largest absolute Gasteiger partial charge is 0.442 e. The summed E-state index contributed by atoms with van der Waals surface area (Å²) in [4.78, 5) is 12.2. The molecule has 0 radical (unpaired) electrons. The van der Waals surface area contributed by atoms with Crippen molar-refractivity contribution in [2.24, 2.45) is 0 Å². The predicted octanol–water partition coefficient (Wildman–Crippen LogP) is 0.714. The molecule has 11 heteroatoms. The van der Waals surface area contributed by atoms with Gasteiger partial charge < -0.3 is 5.32 Å². The van der Waals surface area contributed by atoms with Crippen LogP contribution in [-0.2, 0) is 17.2 Å². The van der Waals surface area contributed by atoms with Crippen LogP contribution in [0.5, 0.6) is 0 Å². The Balaban J connectivity index is 1.52. The lowest BCUT2D eigenvalue weighted by Crippen LogP contribution is -2.42. The van der Waals surface area contributed by atoms with E-state index in [-0.39, 0.29) is 23.4 Å². The van der Waals surface area contributed by atoms with Gasteiger partial charge in [0, 0.05) is 22.3 Å². The van der Waals surface area contributed by atoms with Crippen LogP contribution in [0.2, 0.25) is 0 Å². The summed E-state index contributed by atoms with van der Waals surface area (Å²) in [5.74, 6) is 0.425. The second-order valence-electron chi connectivity index (χ2n) is 6.28. The Morgan fingerprint density at radius 3 is 2.92 bits per heavy atom. The molecule has 2 aliphatic rings. The predicted molar refractivity (Wildman–Crippen MR) is 87.6 cm³/mol. The molecule has 1 atom stereocenters. The molecule has 26 heavy (non-hydrogen) atoms. The maximum absolute atomic E-state index is 13.6. The van der Waals surface area contributed by atoms with Crippen LogP contribution >= 0.6 is 0 Å². The molecule has 5 rings (SSSR count). The monoisotopic (exact) mass is 377 g/mol. The standard InChI is InChI=1S/C15H12FN5O4S/c16-8-2-1-7-3-11(10(7)4-8)21-14(20-24-15(21)22)12-13(19-25-18-12)17-9-5-26(23)6-9/h1-2,4,9,11H,3,5-6H2,(H,17,19). The van der Waals surface area contributed by atoms with Gasteiger partial charge in [-0.2, -0.15) is 0 Å². The summed E-state index contributed by atoms with van der Waals surface area (Å²) in [6.45, 7) is 0. The molecule has 0 saturated carbocycles. The molecule has 0 amide bonds. The van der Waals surface area contributed by atoms with Crippen molar-refractivity contribution in [3.63, 3.8) is 0 Å². The molecule has 1 N–H and O–H groups in total. The summed E-state index contributed by atoms with van der Waals surface area (Å²) in [6.07, 6.45) is 0.555. The summed E-state index contributed by atoms with van der Waals surface area (Å²) < 4.78 is 35.7. The van der Waals surface area contributed by atoms with Crippen LogP contribution in [0.4, 0.5) is 10.2 Å². The second-order valence-corrected chi connectivity index (χ2v) is 7.83. The third-order valence-corrected chi connectivity index (χ3v) is 6.19. The fraction of sp³-hybridized carbons (Fsp3) is 0.333. The van der Waals surface area contributed by atoms with Crippen LogP contribution in [0.25, 0.3) is 11.5 Å². The average Bonchev–Trinajstić information content (AvgIpc) is 3.16. The van der Waals surface area contributed by atoms with Gasteiger partial charge in [-0.1, -0.05) is 11.2 Å². The summed E-state index contributed by atoms with van der Waals surface area (Å²) in [5, 5.41) is 14.5. The lowest BCUT2D eigenvalue weighted by molar-refractivity contribution is 0.309. The summed E-state index contributed by atoms with van der Waals surface area (Å²) >= 11 is 0. The molecule has 2 aromatic heterocycles. The zero-order valence-corrected chi connectivity index (χ0v) is 14.0. The number of rotatable bonds is 4. The van der Waals surface area contributed by atoms with Gasteiger partial charge in [0.25, 0.3) is 0 Å². The molecule has 134 valence electrons. The maximum atomic E-state index is 13.6. The Kier molecular flexibility index (Phi) is 3.32. The number of benzene rings is 1. The highest BCUT2D eigenvalue weighted by Crippen LogP contribution is 2.38. The highest BCUT2D eigenvalue weighted by molar-refractivity contribution is 7.86. The van der Waals surface area contributed by atoms with E-state index >= 15 is 0 Å². The zero-order valence-electron chi connectivity index (χ0n) is 13.2. The van der Waals surface area contributed by atoms with E-state index in [1.165, 1.54) is 16.7 Å². The van der Waals surface area contributed by atoms with E-state index in [0.717, 1.165) is 5.56 Å². The lowest BCUT2D eigenvalue weighted by atomic mass is 9.83. The highest BCUT2D eigenvalue weighted by atomic mass is 32.2. The van der Waals surface area contributed by atoms with Gasteiger partial charge in [-0.25, -0.2) is 18.4 Å². The summed E-state index contributed by atoms with van der Waals surface area (Å²) in [6, 6.07) is 4.08. The fourth-order valence-corrected chi connectivity index (χ4v) is 4.24. The maximum Gasteiger partial charge on any atom is 0.442 e. The Morgan fingerprint density at radius 1 is 1.27 bits per heavy atom.